The fourth-order valence-corrected chi connectivity index (χ4v) is 1.88. The van der Waals surface area contributed by atoms with Crippen molar-refractivity contribution in [1.29, 1.82) is 0 Å². The maximum atomic E-state index is 5.40. The van der Waals surface area contributed by atoms with E-state index in [0.717, 1.165) is 6.42 Å². The Kier molecular flexibility index (Phi) is 2.13. The second-order valence-electron chi connectivity index (χ2n) is 3.24. The zero-order valence-electron chi connectivity index (χ0n) is 7.34. The first-order chi connectivity index (χ1) is 5.92. The number of rotatable bonds is 1. The lowest BCUT2D eigenvalue weighted by Crippen LogP contribution is -2.10. The van der Waals surface area contributed by atoms with Gasteiger partial charge in [-0.05, 0) is 42.5 Å². The summed E-state index contributed by atoms with van der Waals surface area (Å²) in [5.41, 5.74) is 2.78. The van der Waals surface area contributed by atoms with E-state index in [0.29, 0.717) is 6.10 Å². The van der Waals surface area contributed by atoms with Crippen LogP contribution in [0.3, 0.4) is 0 Å². The van der Waals surface area contributed by atoms with Gasteiger partial charge in [0.2, 0.25) is 0 Å². The molecule has 1 aliphatic carbocycles. The van der Waals surface area contributed by atoms with Gasteiger partial charge in [-0.25, -0.2) is 0 Å². The van der Waals surface area contributed by atoms with Crippen LogP contribution in [0.1, 0.15) is 30.1 Å². The van der Waals surface area contributed by atoms with E-state index in [1.807, 2.05) is 6.07 Å². The summed E-state index contributed by atoms with van der Waals surface area (Å²) < 4.78 is 5.40. The van der Waals surface area contributed by atoms with E-state index in [9.17, 15) is 0 Å². The Morgan fingerprint density at radius 1 is 1.58 bits per heavy atom. The lowest BCUT2D eigenvalue weighted by Gasteiger charge is -2.23. The molecule has 0 N–H and O–H groups in total. The minimum atomic E-state index is 0.311. The molecule has 0 spiro atoms. The van der Waals surface area contributed by atoms with Gasteiger partial charge in [0.1, 0.15) is 0 Å². The van der Waals surface area contributed by atoms with Gasteiger partial charge in [0.25, 0.3) is 0 Å². The number of hydrogen-bond acceptors (Lipinski definition) is 1. The Hall–Kier alpha value is -0.820. The standard InChI is InChI=1S/C11H13O/c1-12-11-8-4-6-9-5-2-3-7-10(9)11/h2,5,7,11H,4,6,8H2,1H3. The highest BCUT2D eigenvalue weighted by molar-refractivity contribution is 5.30. The molecule has 12 heavy (non-hydrogen) atoms. The van der Waals surface area contributed by atoms with Gasteiger partial charge in [-0.2, -0.15) is 0 Å². The molecule has 0 bridgehead atoms. The third-order valence-corrected chi connectivity index (χ3v) is 2.53. The Balaban J connectivity index is 2.37. The summed E-state index contributed by atoms with van der Waals surface area (Å²) in [6, 6.07) is 9.30. The van der Waals surface area contributed by atoms with Crippen molar-refractivity contribution < 1.29 is 4.74 Å². The van der Waals surface area contributed by atoms with Crippen molar-refractivity contribution in [2.24, 2.45) is 0 Å². The summed E-state index contributed by atoms with van der Waals surface area (Å²) in [6.45, 7) is 0. The molecule has 1 nitrogen and oxygen atoms in total. The van der Waals surface area contributed by atoms with Crippen molar-refractivity contribution in [1.82, 2.24) is 0 Å². The third-order valence-electron chi connectivity index (χ3n) is 2.53. The van der Waals surface area contributed by atoms with Crippen molar-refractivity contribution in [3.8, 4) is 0 Å². The van der Waals surface area contributed by atoms with E-state index in [-0.39, 0.29) is 0 Å². The van der Waals surface area contributed by atoms with E-state index in [1.54, 1.807) is 7.11 Å². The van der Waals surface area contributed by atoms with E-state index in [1.165, 1.54) is 24.0 Å². The molecule has 2 rings (SSSR count). The van der Waals surface area contributed by atoms with Crippen LogP contribution in [0.5, 0.6) is 0 Å². The number of fused-ring (bicyclic) bond motifs is 1. The summed E-state index contributed by atoms with van der Waals surface area (Å²) >= 11 is 0. The molecule has 1 atom stereocenters. The summed E-state index contributed by atoms with van der Waals surface area (Å²) in [5.74, 6) is 0. The van der Waals surface area contributed by atoms with Crippen LogP contribution in [0.25, 0.3) is 0 Å². The SMILES string of the molecule is COC1CCCc2cc[c]cc21. The smallest absolute Gasteiger partial charge is 0.0824 e. The third kappa shape index (κ3) is 1.25. The largest absolute Gasteiger partial charge is 0.377 e. The molecule has 0 heterocycles. The molecule has 0 amide bonds. The van der Waals surface area contributed by atoms with Crippen molar-refractivity contribution in [2.75, 3.05) is 7.11 Å². The Labute approximate surface area is 73.4 Å². The Morgan fingerprint density at radius 2 is 2.50 bits per heavy atom. The van der Waals surface area contributed by atoms with Crippen LogP contribution in [-0.2, 0) is 11.2 Å². The quantitative estimate of drug-likeness (QED) is 0.615. The van der Waals surface area contributed by atoms with Crippen LogP contribution >= 0.6 is 0 Å². The summed E-state index contributed by atoms with van der Waals surface area (Å²) in [5, 5.41) is 0. The Morgan fingerprint density at radius 3 is 3.33 bits per heavy atom. The summed E-state index contributed by atoms with van der Waals surface area (Å²) in [6.07, 6.45) is 3.91. The molecule has 1 radical (unpaired) electrons. The highest BCUT2D eigenvalue weighted by Gasteiger charge is 2.18. The fraction of sp³-hybridized carbons (Fsp3) is 0.455. The summed E-state index contributed by atoms with van der Waals surface area (Å²) in [4.78, 5) is 0. The number of aryl methyl sites for hydroxylation is 1. The van der Waals surface area contributed by atoms with Crippen molar-refractivity contribution in [2.45, 2.75) is 25.4 Å². The first kappa shape index (κ1) is 7.81. The fourth-order valence-electron chi connectivity index (χ4n) is 1.88. The van der Waals surface area contributed by atoms with Crippen LogP contribution in [0.2, 0.25) is 0 Å². The number of ether oxygens (including phenoxy) is 1. The van der Waals surface area contributed by atoms with E-state index < -0.39 is 0 Å². The molecule has 0 fully saturated rings. The van der Waals surface area contributed by atoms with Crippen LogP contribution in [-0.4, -0.2) is 7.11 Å². The van der Waals surface area contributed by atoms with Crippen molar-refractivity contribution in [3.63, 3.8) is 0 Å². The minimum Gasteiger partial charge on any atom is -0.377 e. The lowest BCUT2D eigenvalue weighted by molar-refractivity contribution is 0.0881. The highest BCUT2D eigenvalue weighted by atomic mass is 16.5. The Bertz CT molecular complexity index is 267. The van der Waals surface area contributed by atoms with Crippen LogP contribution < -0.4 is 0 Å². The topological polar surface area (TPSA) is 9.23 Å². The molecule has 0 saturated carbocycles. The molecule has 1 aliphatic rings. The average molecular weight is 161 g/mol. The average Bonchev–Trinajstić information content (AvgIpc) is 2.17. The van der Waals surface area contributed by atoms with Crippen LogP contribution in [0.4, 0.5) is 0 Å². The molecular weight excluding hydrogens is 148 g/mol. The molecule has 0 aliphatic heterocycles. The molecule has 1 aromatic carbocycles. The predicted molar refractivity (Wildman–Crippen MR) is 48.0 cm³/mol. The van der Waals surface area contributed by atoms with Crippen LogP contribution in [0.15, 0.2) is 18.2 Å². The van der Waals surface area contributed by atoms with Gasteiger partial charge in [-0.1, -0.05) is 12.1 Å². The van der Waals surface area contributed by atoms with Gasteiger partial charge in [-0.3, -0.25) is 0 Å². The van der Waals surface area contributed by atoms with Gasteiger partial charge in [0.05, 0.1) is 6.10 Å². The van der Waals surface area contributed by atoms with E-state index >= 15 is 0 Å². The van der Waals surface area contributed by atoms with Gasteiger partial charge >= 0.3 is 0 Å². The highest BCUT2D eigenvalue weighted by Crippen LogP contribution is 2.31. The molecule has 1 unspecified atom stereocenters. The number of hydrogen-bond donors (Lipinski definition) is 0. The second kappa shape index (κ2) is 3.28. The monoisotopic (exact) mass is 161 g/mol. The van der Waals surface area contributed by atoms with E-state index in [4.69, 9.17) is 4.74 Å². The zero-order valence-corrected chi connectivity index (χ0v) is 7.34. The zero-order chi connectivity index (χ0) is 8.39. The number of benzene rings is 1. The number of methoxy groups -OCH3 is 1. The molecule has 0 saturated heterocycles. The first-order valence-corrected chi connectivity index (χ1v) is 4.43. The normalized spacial score (nSPS) is 21.9. The van der Waals surface area contributed by atoms with Crippen molar-refractivity contribution >= 4 is 0 Å². The van der Waals surface area contributed by atoms with Crippen molar-refractivity contribution in [3.05, 3.63) is 35.4 Å². The predicted octanol–water partition coefficient (Wildman–Crippen LogP) is 2.51. The lowest BCUT2D eigenvalue weighted by atomic mass is 9.89. The first-order valence-electron chi connectivity index (χ1n) is 4.43. The molecule has 63 valence electrons. The second-order valence-corrected chi connectivity index (χ2v) is 3.24. The minimum absolute atomic E-state index is 0.311. The van der Waals surface area contributed by atoms with E-state index in [2.05, 4.69) is 18.2 Å². The summed E-state index contributed by atoms with van der Waals surface area (Å²) in [7, 11) is 1.78. The van der Waals surface area contributed by atoms with Crippen LogP contribution in [0, 0.1) is 6.07 Å². The molecule has 1 heteroatoms. The molecule has 1 aromatic rings. The molecule has 0 aromatic heterocycles. The molecular formula is C11H13O. The van der Waals surface area contributed by atoms with Gasteiger partial charge in [0, 0.05) is 7.11 Å². The van der Waals surface area contributed by atoms with Gasteiger partial charge in [-0.15, -0.1) is 0 Å². The maximum Gasteiger partial charge on any atom is 0.0824 e. The van der Waals surface area contributed by atoms with Gasteiger partial charge in [0.15, 0.2) is 0 Å². The maximum absolute atomic E-state index is 5.40. The van der Waals surface area contributed by atoms with Gasteiger partial charge < -0.3 is 4.74 Å².